The predicted octanol–water partition coefficient (Wildman–Crippen LogP) is 3.53. The van der Waals surface area contributed by atoms with Crippen LogP contribution in [0.1, 0.15) is 40.5 Å². The molecule has 0 saturated heterocycles. The Labute approximate surface area is 157 Å². The van der Waals surface area contributed by atoms with Gasteiger partial charge in [0.25, 0.3) is 5.91 Å². The zero-order chi connectivity index (χ0) is 19.1. The summed E-state index contributed by atoms with van der Waals surface area (Å²) in [6, 6.07) is 4.69. The number of nitrogens with one attached hydrogen (secondary N) is 1. The smallest absolute Gasteiger partial charge is 0.337 e. The van der Waals surface area contributed by atoms with Crippen molar-refractivity contribution in [2.24, 2.45) is 0 Å². The second-order valence-corrected chi connectivity index (χ2v) is 6.09. The van der Waals surface area contributed by atoms with Crippen LogP contribution in [0.15, 0.2) is 30.6 Å². The van der Waals surface area contributed by atoms with E-state index in [0.717, 1.165) is 12.8 Å². The van der Waals surface area contributed by atoms with Gasteiger partial charge in [0.15, 0.2) is 0 Å². The zero-order valence-corrected chi connectivity index (χ0v) is 15.7. The number of rotatable bonds is 7. The van der Waals surface area contributed by atoms with Crippen LogP contribution in [0.5, 0.6) is 0 Å². The van der Waals surface area contributed by atoms with E-state index >= 15 is 0 Å². The molecular formula is C18H21ClN4O3. The van der Waals surface area contributed by atoms with Gasteiger partial charge in [-0.2, -0.15) is 0 Å². The minimum atomic E-state index is -0.471. The average molecular weight is 377 g/mol. The monoisotopic (exact) mass is 376 g/mol. The van der Waals surface area contributed by atoms with E-state index in [9.17, 15) is 9.59 Å². The molecule has 7 nitrogen and oxygen atoms in total. The van der Waals surface area contributed by atoms with Crippen LogP contribution in [0.3, 0.4) is 0 Å². The molecule has 0 bridgehead atoms. The van der Waals surface area contributed by atoms with Crippen LogP contribution < -0.4 is 5.32 Å². The number of benzene rings is 1. The number of aromatic nitrogens is 2. The number of halogens is 1. The lowest BCUT2D eigenvalue weighted by molar-refractivity contribution is 0.0600. The van der Waals surface area contributed by atoms with Gasteiger partial charge in [0, 0.05) is 26.0 Å². The van der Waals surface area contributed by atoms with E-state index in [1.165, 1.54) is 19.5 Å². The van der Waals surface area contributed by atoms with Crippen LogP contribution >= 0.6 is 11.6 Å². The Hall–Kier alpha value is -2.67. The molecule has 2 aromatic rings. The maximum atomic E-state index is 12.3. The fraction of sp³-hybridized carbons (Fsp3) is 0.333. The third kappa shape index (κ3) is 4.92. The first-order chi connectivity index (χ1) is 12.5. The Bertz CT molecular complexity index is 781. The molecule has 1 N–H and O–H groups in total. The normalized spacial score (nSPS) is 10.3. The first-order valence-corrected chi connectivity index (χ1v) is 8.56. The number of hydrogen-bond acceptors (Lipinski definition) is 6. The van der Waals surface area contributed by atoms with E-state index in [1.54, 1.807) is 30.1 Å². The highest BCUT2D eigenvalue weighted by atomic mass is 35.5. The van der Waals surface area contributed by atoms with Gasteiger partial charge in [-0.1, -0.05) is 24.9 Å². The molecule has 0 unspecified atom stereocenters. The van der Waals surface area contributed by atoms with Crippen LogP contribution in [0, 0.1) is 0 Å². The Morgan fingerprint density at radius 2 is 1.92 bits per heavy atom. The van der Waals surface area contributed by atoms with Gasteiger partial charge in [0.2, 0.25) is 5.95 Å². The van der Waals surface area contributed by atoms with E-state index < -0.39 is 5.97 Å². The number of anilines is 2. The number of carbonyl (C=O) groups excluding carboxylic acids is 2. The SMILES string of the molecule is CCCCN(C)C(=O)c1cnc(Nc2cc(C(=O)OC)ccc2Cl)nc1. The van der Waals surface area contributed by atoms with Crippen molar-refractivity contribution >= 4 is 35.1 Å². The van der Waals surface area contributed by atoms with Gasteiger partial charge in [-0.15, -0.1) is 0 Å². The van der Waals surface area contributed by atoms with Crippen molar-refractivity contribution in [3.05, 3.63) is 46.7 Å². The second-order valence-electron chi connectivity index (χ2n) is 5.69. The summed E-state index contributed by atoms with van der Waals surface area (Å²) in [7, 11) is 3.06. The van der Waals surface area contributed by atoms with Crippen LogP contribution in [0.25, 0.3) is 0 Å². The van der Waals surface area contributed by atoms with Gasteiger partial charge < -0.3 is 15.0 Å². The average Bonchev–Trinajstić information content (AvgIpc) is 2.67. The highest BCUT2D eigenvalue weighted by Gasteiger charge is 2.13. The molecule has 0 saturated carbocycles. The molecule has 1 aromatic heterocycles. The summed E-state index contributed by atoms with van der Waals surface area (Å²) in [4.78, 5) is 33.8. The molecule has 0 aliphatic rings. The number of nitrogens with zero attached hydrogens (tertiary/aromatic N) is 3. The van der Waals surface area contributed by atoms with Crippen molar-refractivity contribution < 1.29 is 14.3 Å². The first kappa shape index (κ1) is 19.7. The molecule has 138 valence electrons. The molecule has 1 aromatic carbocycles. The first-order valence-electron chi connectivity index (χ1n) is 8.18. The van der Waals surface area contributed by atoms with Crippen LogP contribution in [-0.4, -0.2) is 47.4 Å². The molecule has 0 aliphatic heterocycles. The molecule has 2 rings (SSSR count). The molecule has 8 heteroatoms. The fourth-order valence-corrected chi connectivity index (χ4v) is 2.37. The van der Waals surface area contributed by atoms with E-state index in [1.807, 2.05) is 0 Å². The van der Waals surface area contributed by atoms with Gasteiger partial charge >= 0.3 is 5.97 Å². The van der Waals surface area contributed by atoms with Crippen LogP contribution in [-0.2, 0) is 4.74 Å². The molecule has 26 heavy (non-hydrogen) atoms. The molecule has 0 atom stereocenters. The topological polar surface area (TPSA) is 84.4 Å². The number of esters is 1. The maximum absolute atomic E-state index is 12.3. The van der Waals surface area contributed by atoms with Crippen molar-refractivity contribution in [2.75, 3.05) is 26.0 Å². The minimum Gasteiger partial charge on any atom is -0.465 e. The van der Waals surface area contributed by atoms with Gasteiger partial charge in [-0.25, -0.2) is 14.8 Å². The third-order valence-electron chi connectivity index (χ3n) is 3.73. The lowest BCUT2D eigenvalue weighted by Crippen LogP contribution is -2.27. The predicted molar refractivity (Wildman–Crippen MR) is 100.0 cm³/mol. The number of carbonyl (C=O) groups is 2. The Morgan fingerprint density at radius 3 is 2.54 bits per heavy atom. The lowest BCUT2D eigenvalue weighted by Gasteiger charge is -2.16. The molecule has 0 aliphatic carbocycles. The van der Waals surface area contributed by atoms with Crippen molar-refractivity contribution in [3.63, 3.8) is 0 Å². The summed E-state index contributed by atoms with van der Waals surface area (Å²) in [6.07, 6.45) is 4.87. The number of hydrogen-bond donors (Lipinski definition) is 1. The van der Waals surface area contributed by atoms with Crippen molar-refractivity contribution in [3.8, 4) is 0 Å². The van der Waals surface area contributed by atoms with Gasteiger partial charge in [0.1, 0.15) is 0 Å². The van der Waals surface area contributed by atoms with E-state index in [2.05, 4.69) is 22.2 Å². The number of amides is 1. The van der Waals surface area contributed by atoms with Crippen molar-refractivity contribution in [2.45, 2.75) is 19.8 Å². The molecular weight excluding hydrogens is 356 g/mol. The van der Waals surface area contributed by atoms with Crippen LogP contribution in [0.2, 0.25) is 5.02 Å². The second kappa shape index (κ2) is 9.15. The van der Waals surface area contributed by atoms with Gasteiger partial charge in [-0.3, -0.25) is 4.79 Å². The Balaban J connectivity index is 2.12. The molecule has 1 amide bonds. The van der Waals surface area contributed by atoms with Crippen molar-refractivity contribution in [1.29, 1.82) is 0 Å². The van der Waals surface area contributed by atoms with E-state index in [4.69, 9.17) is 16.3 Å². The quantitative estimate of drug-likeness (QED) is 0.744. The third-order valence-corrected chi connectivity index (χ3v) is 4.06. The number of unbranched alkanes of at least 4 members (excludes halogenated alkanes) is 1. The maximum Gasteiger partial charge on any atom is 0.337 e. The van der Waals surface area contributed by atoms with E-state index in [0.29, 0.717) is 28.4 Å². The van der Waals surface area contributed by atoms with Gasteiger partial charge in [0.05, 0.1) is 28.9 Å². The highest BCUT2D eigenvalue weighted by Crippen LogP contribution is 2.25. The molecule has 1 heterocycles. The number of methoxy groups -OCH3 is 1. The number of ether oxygens (including phenoxy) is 1. The summed E-state index contributed by atoms with van der Waals surface area (Å²) in [5.41, 5.74) is 1.22. The molecule has 0 spiro atoms. The largest absolute Gasteiger partial charge is 0.465 e. The minimum absolute atomic E-state index is 0.129. The Kier molecular flexibility index (Phi) is 6.91. The summed E-state index contributed by atoms with van der Waals surface area (Å²) in [5, 5.41) is 3.34. The summed E-state index contributed by atoms with van der Waals surface area (Å²) < 4.78 is 4.69. The molecule has 0 fully saturated rings. The standard InChI is InChI=1S/C18H21ClN4O3/c1-4-5-8-23(2)16(24)13-10-20-18(21-11-13)22-15-9-12(17(25)26-3)6-7-14(15)19/h6-7,9-11H,4-5,8H2,1-3H3,(H,20,21,22). The fourth-order valence-electron chi connectivity index (χ4n) is 2.21. The van der Waals surface area contributed by atoms with Crippen molar-refractivity contribution in [1.82, 2.24) is 14.9 Å². The summed E-state index contributed by atoms with van der Waals surface area (Å²) >= 11 is 6.13. The summed E-state index contributed by atoms with van der Waals surface area (Å²) in [6.45, 7) is 2.76. The molecule has 0 radical (unpaired) electrons. The lowest BCUT2D eigenvalue weighted by atomic mass is 10.2. The van der Waals surface area contributed by atoms with E-state index in [-0.39, 0.29) is 11.9 Å². The highest BCUT2D eigenvalue weighted by molar-refractivity contribution is 6.33. The zero-order valence-electron chi connectivity index (χ0n) is 15.0. The Morgan fingerprint density at radius 1 is 1.23 bits per heavy atom. The summed E-state index contributed by atoms with van der Waals surface area (Å²) in [5.74, 6) is -0.334. The van der Waals surface area contributed by atoms with Crippen LogP contribution in [0.4, 0.5) is 11.6 Å². The van der Waals surface area contributed by atoms with Gasteiger partial charge in [-0.05, 0) is 24.6 Å².